The average Bonchev–Trinajstić information content (AvgIpc) is 3.67. The summed E-state index contributed by atoms with van der Waals surface area (Å²) < 4.78 is 48.5. The van der Waals surface area contributed by atoms with Crippen LogP contribution in [0.25, 0.3) is 0 Å². The molecule has 0 N–H and O–H groups in total. The van der Waals surface area contributed by atoms with E-state index in [2.05, 4.69) is 13.8 Å². The number of carbonyl (C=O) groups is 1. The molecule has 2 fully saturated rings. The second kappa shape index (κ2) is 11.0. The molecule has 34 heavy (non-hydrogen) atoms. The van der Waals surface area contributed by atoms with Gasteiger partial charge in [0.2, 0.25) is 0 Å². The molecule has 2 aliphatic rings. The zero-order chi connectivity index (χ0) is 25.1. The molecule has 0 bridgehead atoms. The van der Waals surface area contributed by atoms with Gasteiger partial charge in [-0.15, -0.1) is 0 Å². The van der Waals surface area contributed by atoms with E-state index < -0.39 is 15.7 Å². The standard InChI is InChI=1S/C27H41FO5S/c1-6-7-20(9-8-18(2)19(3)26(29)33-27(4)13-14-27)23-16-21(23)12-15-32-22-10-11-25(24(28)17-22)34(5,30)31/h10-11,17-21,23H,6-9,12-16H2,1-5H3. The monoisotopic (exact) mass is 496 g/mol. The van der Waals surface area contributed by atoms with Crippen molar-refractivity contribution in [2.45, 2.75) is 89.6 Å². The van der Waals surface area contributed by atoms with Gasteiger partial charge in [-0.2, -0.15) is 0 Å². The number of ether oxygens (including phenoxy) is 2. The topological polar surface area (TPSA) is 69.7 Å². The van der Waals surface area contributed by atoms with E-state index in [1.165, 1.54) is 25.0 Å². The Morgan fingerprint density at radius 3 is 2.50 bits per heavy atom. The van der Waals surface area contributed by atoms with E-state index in [1.807, 2.05) is 13.8 Å². The zero-order valence-electron chi connectivity index (χ0n) is 21.3. The van der Waals surface area contributed by atoms with E-state index in [9.17, 15) is 17.6 Å². The SMILES string of the molecule is CCCC(CCC(C)C(C)C(=O)OC1(C)CC1)C1CC1CCOc1ccc(S(C)(=O)=O)c(F)c1. The summed E-state index contributed by atoms with van der Waals surface area (Å²) in [5, 5.41) is 0. The molecule has 0 heterocycles. The van der Waals surface area contributed by atoms with Crippen molar-refractivity contribution in [3.63, 3.8) is 0 Å². The Kier molecular flexibility index (Phi) is 8.70. The van der Waals surface area contributed by atoms with Gasteiger partial charge in [-0.25, -0.2) is 12.8 Å². The number of benzene rings is 1. The molecular weight excluding hydrogens is 455 g/mol. The van der Waals surface area contributed by atoms with Crippen LogP contribution in [0.3, 0.4) is 0 Å². The number of carbonyl (C=O) groups excluding carboxylic acids is 1. The molecule has 0 amide bonds. The Balaban J connectivity index is 1.41. The quantitative estimate of drug-likeness (QED) is 0.287. The Labute approximate surface area is 204 Å². The fourth-order valence-corrected chi connectivity index (χ4v) is 5.63. The van der Waals surface area contributed by atoms with E-state index >= 15 is 0 Å². The van der Waals surface area contributed by atoms with Crippen molar-refractivity contribution < 1.29 is 27.1 Å². The summed E-state index contributed by atoms with van der Waals surface area (Å²) in [6.07, 6.45) is 9.57. The normalized spacial score (nSPS) is 23.6. The van der Waals surface area contributed by atoms with Gasteiger partial charge in [-0.1, -0.05) is 33.6 Å². The van der Waals surface area contributed by atoms with Gasteiger partial charge >= 0.3 is 5.97 Å². The van der Waals surface area contributed by atoms with Crippen LogP contribution in [0.5, 0.6) is 5.75 Å². The van der Waals surface area contributed by atoms with Crippen molar-refractivity contribution in [2.75, 3.05) is 12.9 Å². The maximum absolute atomic E-state index is 14.0. The fraction of sp³-hybridized carbons (Fsp3) is 0.741. The minimum atomic E-state index is -3.58. The van der Waals surface area contributed by atoms with Gasteiger partial charge in [0.05, 0.1) is 12.5 Å². The minimum Gasteiger partial charge on any atom is -0.493 e. The van der Waals surface area contributed by atoms with Crippen LogP contribution in [-0.4, -0.2) is 32.9 Å². The molecule has 1 aromatic rings. The van der Waals surface area contributed by atoms with E-state index in [1.54, 1.807) is 0 Å². The minimum absolute atomic E-state index is 0.0537. The molecule has 0 spiro atoms. The maximum atomic E-state index is 14.0. The number of sulfone groups is 1. The predicted octanol–water partition coefficient (Wildman–Crippen LogP) is 6.20. The predicted molar refractivity (Wildman–Crippen MR) is 131 cm³/mol. The summed E-state index contributed by atoms with van der Waals surface area (Å²) in [4.78, 5) is 12.1. The van der Waals surface area contributed by atoms with Crippen molar-refractivity contribution >= 4 is 15.8 Å². The number of rotatable bonds is 14. The average molecular weight is 497 g/mol. The van der Waals surface area contributed by atoms with Crippen LogP contribution in [0, 0.1) is 35.4 Å². The Morgan fingerprint density at radius 1 is 1.21 bits per heavy atom. The van der Waals surface area contributed by atoms with Crippen LogP contribution in [0.15, 0.2) is 23.1 Å². The second-order valence-corrected chi connectivity index (χ2v) is 12.9. The van der Waals surface area contributed by atoms with Crippen molar-refractivity contribution in [1.29, 1.82) is 0 Å². The van der Waals surface area contributed by atoms with Crippen LogP contribution in [0.1, 0.15) is 79.1 Å². The van der Waals surface area contributed by atoms with Crippen LogP contribution in [-0.2, 0) is 19.4 Å². The molecule has 7 heteroatoms. The molecular formula is C27H41FO5S. The summed E-state index contributed by atoms with van der Waals surface area (Å²) >= 11 is 0. The lowest BCUT2D eigenvalue weighted by Gasteiger charge is -2.23. The first-order chi connectivity index (χ1) is 15.9. The van der Waals surface area contributed by atoms with Gasteiger partial charge in [0.25, 0.3) is 0 Å². The van der Waals surface area contributed by atoms with E-state index in [0.717, 1.165) is 50.8 Å². The number of halogens is 1. The number of hydrogen-bond acceptors (Lipinski definition) is 5. The first-order valence-electron chi connectivity index (χ1n) is 12.8. The third-order valence-electron chi connectivity index (χ3n) is 7.82. The smallest absolute Gasteiger partial charge is 0.309 e. The highest BCUT2D eigenvalue weighted by Gasteiger charge is 2.44. The van der Waals surface area contributed by atoms with Gasteiger partial charge in [0.15, 0.2) is 9.84 Å². The van der Waals surface area contributed by atoms with Crippen LogP contribution < -0.4 is 4.74 Å². The molecule has 3 rings (SSSR count). The largest absolute Gasteiger partial charge is 0.493 e. The Bertz CT molecular complexity index is 956. The van der Waals surface area contributed by atoms with E-state index in [-0.39, 0.29) is 22.4 Å². The summed E-state index contributed by atoms with van der Waals surface area (Å²) in [6.45, 7) is 8.89. The summed E-state index contributed by atoms with van der Waals surface area (Å²) in [7, 11) is -3.58. The van der Waals surface area contributed by atoms with Gasteiger partial charge in [0, 0.05) is 12.3 Å². The van der Waals surface area contributed by atoms with Gasteiger partial charge < -0.3 is 9.47 Å². The zero-order valence-corrected chi connectivity index (χ0v) is 22.1. The molecule has 2 aliphatic carbocycles. The van der Waals surface area contributed by atoms with Gasteiger partial charge in [0.1, 0.15) is 22.1 Å². The second-order valence-electron chi connectivity index (χ2n) is 10.9. The third-order valence-corrected chi connectivity index (χ3v) is 8.95. The highest BCUT2D eigenvalue weighted by Crippen LogP contribution is 2.50. The molecule has 5 atom stereocenters. The van der Waals surface area contributed by atoms with Crippen molar-refractivity contribution in [3.8, 4) is 5.75 Å². The number of hydrogen-bond donors (Lipinski definition) is 0. The molecule has 0 aliphatic heterocycles. The lowest BCUT2D eigenvalue weighted by Crippen LogP contribution is -2.26. The molecule has 0 radical (unpaired) electrons. The highest BCUT2D eigenvalue weighted by atomic mass is 32.2. The lowest BCUT2D eigenvalue weighted by molar-refractivity contribution is -0.156. The molecule has 192 valence electrons. The molecule has 5 unspecified atom stereocenters. The Hall–Kier alpha value is -1.63. The fourth-order valence-electron chi connectivity index (χ4n) is 4.90. The van der Waals surface area contributed by atoms with Crippen molar-refractivity contribution in [2.24, 2.45) is 29.6 Å². The molecule has 0 saturated heterocycles. The summed E-state index contributed by atoms with van der Waals surface area (Å²) in [6, 6.07) is 3.93. The van der Waals surface area contributed by atoms with Crippen molar-refractivity contribution in [3.05, 3.63) is 24.0 Å². The first-order valence-corrected chi connectivity index (χ1v) is 14.7. The lowest BCUT2D eigenvalue weighted by atomic mass is 9.84. The van der Waals surface area contributed by atoms with E-state index in [4.69, 9.17) is 9.47 Å². The Morgan fingerprint density at radius 2 is 1.91 bits per heavy atom. The van der Waals surface area contributed by atoms with Crippen LogP contribution in [0.4, 0.5) is 4.39 Å². The molecule has 5 nitrogen and oxygen atoms in total. The van der Waals surface area contributed by atoms with Gasteiger partial charge in [-0.05, 0) is 81.3 Å². The third kappa shape index (κ3) is 7.43. The summed E-state index contributed by atoms with van der Waals surface area (Å²) in [5.74, 6) is 1.73. The van der Waals surface area contributed by atoms with Gasteiger partial charge in [-0.3, -0.25) is 4.79 Å². The van der Waals surface area contributed by atoms with E-state index in [0.29, 0.717) is 36.0 Å². The van der Waals surface area contributed by atoms with Crippen LogP contribution >= 0.6 is 0 Å². The maximum Gasteiger partial charge on any atom is 0.309 e. The summed E-state index contributed by atoms with van der Waals surface area (Å²) in [5.41, 5.74) is -0.208. The van der Waals surface area contributed by atoms with Crippen LogP contribution in [0.2, 0.25) is 0 Å². The molecule has 0 aromatic heterocycles. The number of esters is 1. The highest BCUT2D eigenvalue weighted by molar-refractivity contribution is 7.90. The molecule has 1 aromatic carbocycles. The van der Waals surface area contributed by atoms with Crippen molar-refractivity contribution in [1.82, 2.24) is 0 Å². The first kappa shape index (κ1) is 27.0. The molecule has 2 saturated carbocycles.